The first-order valence-electron chi connectivity index (χ1n) is 20.5. The summed E-state index contributed by atoms with van der Waals surface area (Å²) in [4.78, 5) is 16.0. The molecule has 61 heavy (non-hydrogen) atoms. The highest BCUT2D eigenvalue weighted by molar-refractivity contribution is 6.31. The zero-order chi connectivity index (χ0) is 39.8. The van der Waals surface area contributed by atoms with Crippen molar-refractivity contribution in [1.29, 1.82) is 0 Å². The molecule has 0 amide bonds. The van der Waals surface area contributed by atoms with Gasteiger partial charge in [0.2, 0.25) is 0 Å². The van der Waals surface area contributed by atoms with E-state index in [1.165, 1.54) is 43.8 Å². The molecular weight excluding hydrogens is 749 g/mol. The minimum atomic E-state index is 0.554. The van der Waals surface area contributed by atoms with Crippen LogP contribution in [0.25, 0.3) is 139 Å². The van der Waals surface area contributed by atoms with Crippen molar-refractivity contribution in [2.75, 3.05) is 0 Å². The Balaban J connectivity index is 1.13. The molecule has 0 N–H and O–H groups in total. The average molecular weight is 779 g/mol. The summed E-state index contributed by atoms with van der Waals surface area (Å²) >= 11 is 0. The molecule has 0 radical (unpaired) electrons. The van der Waals surface area contributed by atoms with E-state index in [-0.39, 0.29) is 0 Å². The average Bonchev–Trinajstić information content (AvgIpc) is 3.98. The maximum Gasteiger partial charge on any atom is 0.166 e. The lowest BCUT2D eigenvalue weighted by Crippen LogP contribution is -2.04. The number of furan rings is 2. The van der Waals surface area contributed by atoms with Crippen LogP contribution in [0.4, 0.5) is 0 Å². The highest BCUT2D eigenvalue weighted by Gasteiger charge is 2.28. The van der Waals surface area contributed by atoms with Crippen molar-refractivity contribution in [2.24, 2.45) is 0 Å². The van der Waals surface area contributed by atoms with E-state index in [1.54, 1.807) is 0 Å². The molecular formula is C55H30N4O2. The monoisotopic (exact) mass is 778 g/mol. The Morgan fingerprint density at radius 1 is 0.344 bits per heavy atom. The van der Waals surface area contributed by atoms with Crippen LogP contribution in [0.2, 0.25) is 0 Å². The smallest absolute Gasteiger partial charge is 0.166 e. The first-order chi connectivity index (χ1) is 30.2. The zero-order valence-corrected chi connectivity index (χ0v) is 32.4. The fourth-order valence-electron chi connectivity index (χ4n) is 10.0. The molecule has 0 saturated carbocycles. The van der Waals surface area contributed by atoms with Crippen LogP contribution < -0.4 is 0 Å². The van der Waals surface area contributed by atoms with Gasteiger partial charge < -0.3 is 13.4 Å². The molecule has 0 aliphatic heterocycles. The molecule has 13 aromatic rings. The van der Waals surface area contributed by atoms with Gasteiger partial charge in [-0.05, 0) is 87.6 Å². The number of rotatable bonds is 4. The maximum atomic E-state index is 6.62. The topological polar surface area (TPSA) is 69.9 Å². The highest BCUT2D eigenvalue weighted by atomic mass is 16.3. The zero-order valence-electron chi connectivity index (χ0n) is 32.4. The number of aromatic nitrogens is 4. The van der Waals surface area contributed by atoms with Crippen molar-refractivity contribution in [3.63, 3.8) is 0 Å². The van der Waals surface area contributed by atoms with Gasteiger partial charge in [0, 0.05) is 43.4 Å². The molecule has 0 fully saturated rings. The molecule has 6 nitrogen and oxygen atoms in total. The lowest BCUT2D eigenvalue weighted by Gasteiger charge is -2.17. The van der Waals surface area contributed by atoms with Gasteiger partial charge >= 0.3 is 0 Å². The van der Waals surface area contributed by atoms with E-state index in [9.17, 15) is 0 Å². The summed E-state index contributed by atoms with van der Waals surface area (Å²) in [6, 6.07) is 63.8. The number of benzene rings is 9. The quantitative estimate of drug-likeness (QED) is 0.178. The van der Waals surface area contributed by atoms with Gasteiger partial charge in [-0.15, -0.1) is 0 Å². The van der Waals surface area contributed by atoms with Gasteiger partial charge in [0.15, 0.2) is 17.5 Å². The molecule has 4 heterocycles. The highest BCUT2D eigenvalue weighted by Crippen LogP contribution is 2.51. The number of hydrogen-bond acceptors (Lipinski definition) is 5. The normalized spacial score (nSPS) is 12.3. The Morgan fingerprint density at radius 2 is 0.951 bits per heavy atom. The second-order valence-corrected chi connectivity index (χ2v) is 15.9. The lowest BCUT2D eigenvalue weighted by molar-refractivity contribution is 0.668. The summed E-state index contributed by atoms with van der Waals surface area (Å²) in [6.45, 7) is 0. The predicted octanol–water partition coefficient (Wildman–Crippen LogP) is 14.6. The molecule has 6 heteroatoms. The van der Waals surface area contributed by atoms with E-state index < -0.39 is 0 Å². The summed E-state index contributed by atoms with van der Waals surface area (Å²) < 4.78 is 15.3. The molecule has 1 aliphatic rings. The Hall–Kier alpha value is -8.35. The van der Waals surface area contributed by atoms with Crippen LogP contribution in [-0.2, 0) is 0 Å². The van der Waals surface area contributed by atoms with Gasteiger partial charge in [0.05, 0.1) is 22.3 Å². The van der Waals surface area contributed by atoms with Crippen LogP contribution in [0.15, 0.2) is 191 Å². The van der Waals surface area contributed by atoms with E-state index in [0.29, 0.717) is 17.5 Å². The van der Waals surface area contributed by atoms with Crippen LogP contribution in [0.1, 0.15) is 0 Å². The molecule has 0 saturated heterocycles. The summed E-state index contributed by atoms with van der Waals surface area (Å²) in [6.07, 6.45) is 0. The van der Waals surface area contributed by atoms with E-state index in [2.05, 4.69) is 126 Å². The van der Waals surface area contributed by atoms with Crippen LogP contribution in [-0.4, -0.2) is 19.5 Å². The van der Waals surface area contributed by atoms with Crippen molar-refractivity contribution in [3.05, 3.63) is 182 Å². The van der Waals surface area contributed by atoms with E-state index in [4.69, 9.17) is 23.8 Å². The second kappa shape index (κ2) is 12.1. The van der Waals surface area contributed by atoms with Gasteiger partial charge in [-0.3, -0.25) is 0 Å². The fraction of sp³-hybridized carbons (Fsp3) is 0. The number of fused-ring (bicyclic) bond motifs is 9. The summed E-state index contributed by atoms with van der Waals surface area (Å²) in [7, 11) is 0. The van der Waals surface area contributed by atoms with Gasteiger partial charge in [-0.2, -0.15) is 0 Å². The fourth-order valence-corrected chi connectivity index (χ4v) is 10.0. The SMILES string of the molecule is c1ccc(-c2nc(-c3ccc4oc5ccccc5c4c3)nc(-c3c(-n4c5cccc6c5c5c7c(cccc7ccc54)-c4ccccc4-6)ccc4oc5ccccc5c34)n2)cc1. The minimum absolute atomic E-state index is 0.554. The van der Waals surface area contributed by atoms with Gasteiger partial charge in [-0.25, -0.2) is 15.0 Å². The predicted molar refractivity (Wildman–Crippen MR) is 247 cm³/mol. The third kappa shape index (κ3) is 4.53. The number of nitrogens with zero attached hydrogens (tertiary/aromatic N) is 4. The largest absolute Gasteiger partial charge is 0.456 e. The van der Waals surface area contributed by atoms with E-state index >= 15 is 0 Å². The minimum Gasteiger partial charge on any atom is -0.456 e. The molecule has 282 valence electrons. The summed E-state index contributed by atoms with van der Waals surface area (Å²) in [5, 5.41) is 8.93. The molecule has 0 spiro atoms. The standard InChI is InChI=1S/C55H30N4O2/c1-2-12-32(13-3-1)53-56-54(33-25-28-46-40(30-33)36-17-6-8-22-44(36)60-46)58-55(57-53)52-43(27-29-47-50(52)39-18-7-9-23-45(39)61-47)59-41-21-11-20-38-35-16-5-4-15-34(35)37-19-10-14-31-24-26-42(59)51(48(31)37)49(38)41/h1-30H. The van der Waals surface area contributed by atoms with Crippen LogP contribution in [0.5, 0.6) is 0 Å². The summed E-state index contributed by atoms with van der Waals surface area (Å²) in [5.41, 5.74) is 14.0. The van der Waals surface area contributed by atoms with Crippen LogP contribution in [0.3, 0.4) is 0 Å². The van der Waals surface area contributed by atoms with Crippen molar-refractivity contribution in [1.82, 2.24) is 19.5 Å². The van der Waals surface area contributed by atoms with E-state index in [0.717, 1.165) is 77.3 Å². The Bertz CT molecular complexity index is 4010. The first kappa shape index (κ1) is 32.6. The van der Waals surface area contributed by atoms with Gasteiger partial charge in [-0.1, -0.05) is 127 Å². The van der Waals surface area contributed by atoms with Crippen molar-refractivity contribution in [3.8, 4) is 62.1 Å². The van der Waals surface area contributed by atoms with Crippen LogP contribution in [0, 0.1) is 0 Å². The third-order valence-electron chi connectivity index (χ3n) is 12.6. The Kier molecular flexibility index (Phi) is 6.46. The van der Waals surface area contributed by atoms with E-state index in [1.807, 2.05) is 60.7 Å². The summed E-state index contributed by atoms with van der Waals surface area (Å²) in [5.74, 6) is 1.70. The Labute approximate surface area is 347 Å². The second-order valence-electron chi connectivity index (χ2n) is 15.9. The molecule has 0 bridgehead atoms. The van der Waals surface area contributed by atoms with Gasteiger partial charge in [0.25, 0.3) is 0 Å². The third-order valence-corrected chi connectivity index (χ3v) is 12.6. The van der Waals surface area contributed by atoms with Crippen molar-refractivity contribution >= 4 is 76.5 Å². The molecule has 9 aromatic carbocycles. The Morgan fingerprint density at radius 3 is 1.79 bits per heavy atom. The molecule has 14 rings (SSSR count). The van der Waals surface area contributed by atoms with Crippen molar-refractivity contribution in [2.45, 2.75) is 0 Å². The first-order valence-corrected chi connectivity index (χ1v) is 20.5. The van der Waals surface area contributed by atoms with Gasteiger partial charge in [0.1, 0.15) is 22.3 Å². The maximum absolute atomic E-state index is 6.62. The van der Waals surface area contributed by atoms with Crippen LogP contribution >= 0.6 is 0 Å². The molecule has 1 aliphatic carbocycles. The number of hydrogen-bond donors (Lipinski definition) is 0. The van der Waals surface area contributed by atoms with Crippen molar-refractivity contribution < 1.29 is 8.83 Å². The molecule has 0 unspecified atom stereocenters. The number of para-hydroxylation sites is 2. The molecule has 4 aromatic heterocycles. The lowest BCUT2D eigenvalue weighted by atomic mass is 9.93. The molecule has 0 atom stereocenters.